The van der Waals surface area contributed by atoms with Crippen molar-refractivity contribution >= 4 is 39.6 Å². The third-order valence-electron chi connectivity index (χ3n) is 5.38. The van der Waals surface area contributed by atoms with Gasteiger partial charge in [-0.1, -0.05) is 46.3 Å². The first kappa shape index (κ1) is 27.7. The Bertz CT molecular complexity index is 782. The number of allylic oxidation sites excluding steroid dienone is 1. The summed E-state index contributed by atoms with van der Waals surface area (Å²) in [5, 5.41) is 0.389. The molecule has 2 unspecified atom stereocenters. The molecule has 182 valence electrons. The zero-order valence-corrected chi connectivity index (χ0v) is 22.0. The van der Waals surface area contributed by atoms with E-state index in [2.05, 4.69) is 38.9 Å². The second-order valence-corrected chi connectivity index (χ2v) is 10.4. The van der Waals surface area contributed by atoms with E-state index in [0.29, 0.717) is 10.1 Å². The molecule has 0 spiro atoms. The minimum absolute atomic E-state index is 0.177. The van der Waals surface area contributed by atoms with Crippen LogP contribution in [-0.2, 0) is 23.8 Å². The van der Waals surface area contributed by atoms with Crippen LogP contribution >= 0.6 is 27.7 Å². The lowest BCUT2D eigenvalue weighted by Gasteiger charge is -2.19. The molecule has 1 aliphatic heterocycles. The van der Waals surface area contributed by atoms with Gasteiger partial charge in [0.25, 0.3) is 0 Å². The summed E-state index contributed by atoms with van der Waals surface area (Å²) in [7, 11) is 2.86. The highest BCUT2D eigenvalue weighted by molar-refractivity contribution is 9.09. The Kier molecular flexibility index (Phi) is 13.5. The van der Waals surface area contributed by atoms with E-state index in [1.54, 1.807) is 0 Å². The maximum absolute atomic E-state index is 11.5. The Labute approximate surface area is 210 Å². The zero-order valence-electron chi connectivity index (χ0n) is 19.6. The van der Waals surface area contributed by atoms with Crippen molar-refractivity contribution in [2.75, 3.05) is 27.4 Å². The predicted molar refractivity (Wildman–Crippen MR) is 137 cm³/mol. The molecule has 0 aromatic heterocycles. The van der Waals surface area contributed by atoms with Gasteiger partial charge in [-0.2, -0.15) is 0 Å². The quantitative estimate of drug-likeness (QED) is 0.333. The fraction of sp³-hybridized carbons (Fsp3) is 0.538. The maximum Gasteiger partial charge on any atom is 0.333 e. The van der Waals surface area contributed by atoms with Crippen molar-refractivity contribution in [1.82, 2.24) is 0 Å². The van der Waals surface area contributed by atoms with E-state index in [0.717, 1.165) is 62.9 Å². The summed E-state index contributed by atoms with van der Waals surface area (Å²) in [5.41, 5.74) is 1.63. The van der Waals surface area contributed by atoms with E-state index in [1.165, 1.54) is 32.0 Å². The van der Waals surface area contributed by atoms with Crippen LogP contribution in [0.4, 0.5) is 0 Å². The molecule has 0 amide bonds. The van der Waals surface area contributed by atoms with Gasteiger partial charge in [0.1, 0.15) is 0 Å². The molecule has 4 rings (SSSR count). The van der Waals surface area contributed by atoms with Crippen LogP contribution in [0.1, 0.15) is 51.4 Å². The van der Waals surface area contributed by atoms with Crippen LogP contribution in [0.5, 0.6) is 0 Å². The number of methoxy groups -OCH3 is 2. The number of hydrogen-bond donors (Lipinski definition) is 0. The Hall–Kier alpha value is -1.57. The number of halogens is 1. The summed E-state index contributed by atoms with van der Waals surface area (Å²) in [6, 6.07) is 10.3. The molecule has 1 aromatic carbocycles. The number of alkyl halides is 1. The molecule has 0 bridgehead atoms. The van der Waals surface area contributed by atoms with Gasteiger partial charge in [0.15, 0.2) is 0 Å². The number of carbonyl (C=O) groups excluding carboxylic acids is 2. The van der Waals surface area contributed by atoms with Crippen molar-refractivity contribution in [3.63, 3.8) is 0 Å². The minimum Gasteiger partial charge on any atom is -0.466 e. The molecule has 33 heavy (non-hydrogen) atoms. The van der Waals surface area contributed by atoms with Crippen LogP contribution in [0.2, 0.25) is 0 Å². The Morgan fingerprint density at radius 2 is 1.45 bits per heavy atom. The van der Waals surface area contributed by atoms with Crippen LogP contribution in [0.25, 0.3) is 0 Å². The summed E-state index contributed by atoms with van der Waals surface area (Å²) < 4.78 is 14.3. The van der Waals surface area contributed by atoms with E-state index in [4.69, 9.17) is 9.47 Å². The van der Waals surface area contributed by atoms with Crippen LogP contribution in [0.15, 0.2) is 58.5 Å². The lowest BCUT2D eigenvalue weighted by Crippen LogP contribution is -2.13. The number of hydrogen-bond acceptors (Lipinski definition) is 6. The molecule has 0 N–H and O–H groups in total. The van der Waals surface area contributed by atoms with E-state index >= 15 is 0 Å². The number of carbonyl (C=O) groups is 2. The normalized spacial score (nSPS) is 21.8. The van der Waals surface area contributed by atoms with Gasteiger partial charge in [0.05, 0.1) is 14.2 Å². The van der Waals surface area contributed by atoms with E-state index in [1.807, 2.05) is 36.0 Å². The molecule has 0 saturated carbocycles. The zero-order chi connectivity index (χ0) is 23.9. The fourth-order valence-corrected chi connectivity index (χ4v) is 5.46. The van der Waals surface area contributed by atoms with Gasteiger partial charge in [0, 0.05) is 39.3 Å². The highest BCUT2D eigenvalue weighted by Crippen LogP contribution is 2.32. The topological polar surface area (TPSA) is 61.8 Å². The van der Waals surface area contributed by atoms with Gasteiger partial charge < -0.3 is 14.2 Å². The molecule has 7 heteroatoms. The van der Waals surface area contributed by atoms with Gasteiger partial charge in [0.2, 0.25) is 0 Å². The highest BCUT2D eigenvalue weighted by atomic mass is 79.9. The Morgan fingerprint density at radius 3 is 1.97 bits per heavy atom. The Morgan fingerprint density at radius 1 is 0.879 bits per heavy atom. The standard InChI is InChI=1S/C14H16O2S.C8H11BrO2.C4H8O/c1-16-14(15)11-6-5-9-13(10-11)17-12-7-3-2-4-8-12;1-11-8(10)6-3-2-4-7(9)5-6;1-2-4-5-3-1/h2-4,7-8,10,13H,5-6,9H2,1H3;5,7H,2-4H2,1H3;1-4H2. The molecule has 0 radical (unpaired) electrons. The summed E-state index contributed by atoms with van der Waals surface area (Å²) in [6.45, 7) is 2.00. The monoisotopic (exact) mass is 538 g/mol. The second-order valence-electron chi connectivity index (χ2n) is 7.96. The molecule has 3 aliphatic rings. The molecule has 5 nitrogen and oxygen atoms in total. The molecule has 1 heterocycles. The fourth-order valence-electron chi connectivity index (χ4n) is 3.64. The van der Waals surface area contributed by atoms with Crippen molar-refractivity contribution in [2.24, 2.45) is 0 Å². The smallest absolute Gasteiger partial charge is 0.333 e. The summed E-state index contributed by atoms with van der Waals surface area (Å²) >= 11 is 5.25. The number of ether oxygens (including phenoxy) is 3. The lowest BCUT2D eigenvalue weighted by molar-refractivity contribution is -0.137. The first-order chi connectivity index (χ1) is 16.0. The molecule has 2 aliphatic carbocycles. The van der Waals surface area contributed by atoms with Crippen LogP contribution in [0, 0.1) is 0 Å². The van der Waals surface area contributed by atoms with E-state index < -0.39 is 0 Å². The average Bonchev–Trinajstić information content (AvgIpc) is 3.45. The van der Waals surface area contributed by atoms with Gasteiger partial charge >= 0.3 is 11.9 Å². The molecular formula is C26H35BrO5S. The lowest BCUT2D eigenvalue weighted by atomic mass is 9.99. The van der Waals surface area contributed by atoms with Gasteiger partial charge in [-0.25, -0.2) is 9.59 Å². The van der Waals surface area contributed by atoms with E-state index in [9.17, 15) is 9.59 Å². The third-order valence-corrected chi connectivity index (χ3v) is 7.32. The van der Waals surface area contributed by atoms with Crippen molar-refractivity contribution < 1.29 is 23.8 Å². The molecule has 1 fully saturated rings. The largest absolute Gasteiger partial charge is 0.466 e. The van der Waals surface area contributed by atoms with Crippen molar-refractivity contribution in [2.45, 2.75) is 66.3 Å². The Balaban J connectivity index is 0.000000204. The summed E-state index contributed by atoms with van der Waals surface area (Å²) in [4.78, 5) is 24.1. The van der Waals surface area contributed by atoms with Gasteiger partial charge in [-0.05, 0) is 63.5 Å². The SMILES string of the molecule is C1CCOC1.COC(=O)C1=CC(Br)CCC1.COC(=O)C1=CC(Sc2ccccc2)CCC1. The van der Waals surface area contributed by atoms with Crippen molar-refractivity contribution in [3.05, 3.63) is 53.6 Å². The second kappa shape index (κ2) is 16.1. The predicted octanol–water partition coefficient (Wildman–Crippen LogP) is 6.26. The number of esters is 2. The van der Waals surface area contributed by atoms with Crippen LogP contribution in [-0.4, -0.2) is 49.4 Å². The number of thioether (sulfide) groups is 1. The van der Waals surface area contributed by atoms with Crippen LogP contribution in [0.3, 0.4) is 0 Å². The summed E-state index contributed by atoms with van der Waals surface area (Å²) in [6.07, 6.45) is 12.6. The number of rotatable bonds is 4. The van der Waals surface area contributed by atoms with E-state index in [-0.39, 0.29) is 11.9 Å². The maximum atomic E-state index is 11.5. The first-order valence-corrected chi connectivity index (χ1v) is 13.3. The van der Waals surface area contributed by atoms with Crippen molar-refractivity contribution in [1.29, 1.82) is 0 Å². The first-order valence-electron chi connectivity index (χ1n) is 11.5. The highest BCUT2D eigenvalue weighted by Gasteiger charge is 2.19. The molecule has 1 saturated heterocycles. The molecule has 1 aromatic rings. The van der Waals surface area contributed by atoms with Crippen LogP contribution < -0.4 is 0 Å². The minimum atomic E-state index is -0.186. The third kappa shape index (κ3) is 10.9. The number of benzene rings is 1. The van der Waals surface area contributed by atoms with Gasteiger partial charge in [-0.15, -0.1) is 11.8 Å². The molecule has 2 atom stereocenters. The average molecular weight is 540 g/mol. The van der Waals surface area contributed by atoms with Crippen molar-refractivity contribution in [3.8, 4) is 0 Å². The van der Waals surface area contributed by atoms with Gasteiger partial charge in [-0.3, -0.25) is 0 Å². The summed E-state index contributed by atoms with van der Waals surface area (Å²) in [5.74, 6) is -0.363. The molecular weight excluding hydrogens is 504 g/mol.